The van der Waals surface area contributed by atoms with Crippen molar-refractivity contribution in [1.82, 2.24) is 10.2 Å². The molecule has 1 aromatic heterocycles. The van der Waals surface area contributed by atoms with Crippen molar-refractivity contribution >= 4 is 23.4 Å². The van der Waals surface area contributed by atoms with Crippen LogP contribution in [0.3, 0.4) is 0 Å². The van der Waals surface area contributed by atoms with Gasteiger partial charge in [0.25, 0.3) is 0 Å². The maximum absolute atomic E-state index is 13.5. The third-order valence-electron chi connectivity index (χ3n) is 2.76. The van der Waals surface area contributed by atoms with Crippen LogP contribution in [-0.2, 0) is 5.75 Å². The molecule has 0 fully saturated rings. The van der Waals surface area contributed by atoms with Gasteiger partial charge in [-0.1, -0.05) is 35.9 Å². The molecule has 2 aromatic carbocycles. The molecule has 0 saturated carbocycles. The first-order chi connectivity index (χ1) is 10.2. The van der Waals surface area contributed by atoms with E-state index in [2.05, 4.69) is 10.2 Å². The maximum atomic E-state index is 13.5. The van der Waals surface area contributed by atoms with Crippen molar-refractivity contribution in [1.29, 1.82) is 0 Å². The third kappa shape index (κ3) is 3.25. The summed E-state index contributed by atoms with van der Waals surface area (Å²) in [5.74, 6) is 0.939. The molecule has 0 saturated heterocycles. The third-order valence-corrected chi connectivity index (χ3v) is 4.12. The van der Waals surface area contributed by atoms with Crippen molar-refractivity contribution in [3.63, 3.8) is 0 Å². The van der Waals surface area contributed by atoms with Crippen molar-refractivity contribution in [2.24, 2.45) is 0 Å². The summed E-state index contributed by atoms with van der Waals surface area (Å²) in [5.41, 5.74) is 0.689. The van der Waals surface area contributed by atoms with Crippen LogP contribution in [0, 0.1) is 5.82 Å². The van der Waals surface area contributed by atoms with E-state index in [1.54, 1.807) is 24.3 Å². The molecule has 0 radical (unpaired) electrons. The highest BCUT2D eigenvalue weighted by atomic mass is 35.5. The van der Waals surface area contributed by atoms with Gasteiger partial charge in [-0.15, -0.1) is 22.0 Å². The van der Waals surface area contributed by atoms with E-state index in [1.807, 2.05) is 18.2 Å². The molecule has 1 heterocycles. The molecule has 0 N–H and O–H groups in total. The lowest BCUT2D eigenvalue weighted by molar-refractivity contribution is 0.528. The summed E-state index contributed by atoms with van der Waals surface area (Å²) in [5, 5.41) is 8.48. The molecule has 0 bridgehead atoms. The van der Waals surface area contributed by atoms with E-state index in [4.69, 9.17) is 16.0 Å². The normalized spacial score (nSPS) is 10.8. The van der Waals surface area contributed by atoms with Gasteiger partial charge in [-0.05, 0) is 24.3 Å². The van der Waals surface area contributed by atoms with Gasteiger partial charge in [0.05, 0.1) is 16.3 Å². The average molecular weight is 321 g/mol. The standard InChI is InChI=1S/C15H10ClFN2OS/c16-11-6-2-1-5-10(11)15-19-18-14(20-15)9-21-13-8-4-3-7-12(13)17/h1-8H,9H2. The zero-order valence-electron chi connectivity index (χ0n) is 10.8. The van der Waals surface area contributed by atoms with E-state index >= 15 is 0 Å². The van der Waals surface area contributed by atoms with Crippen molar-refractivity contribution in [2.45, 2.75) is 10.6 Å². The molecule has 21 heavy (non-hydrogen) atoms. The second-order valence-electron chi connectivity index (χ2n) is 4.20. The number of hydrogen-bond donors (Lipinski definition) is 0. The fraction of sp³-hybridized carbons (Fsp3) is 0.0667. The van der Waals surface area contributed by atoms with Crippen LogP contribution in [0.2, 0.25) is 5.02 Å². The molecule has 0 aliphatic carbocycles. The van der Waals surface area contributed by atoms with Crippen LogP contribution in [0.1, 0.15) is 5.89 Å². The summed E-state index contributed by atoms with van der Waals surface area (Å²) in [6, 6.07) is 13.8. The zero-order chi connectivity index (χ0) is 14.7. The minimum Gasteiger partial charge on any atom is -0.420 e. The second-order valence-corrected chi connectivity index (χ2v) is 5.62. The van der Waals surface area contributed by atoms with Crippen LogP contribution in [0.5, 0.6) is 0 Å². The van der Waals surface area contributed by atoms with E-state index in [-0.39, 0.29) is 5.82 Å². The zero-order valence-corrected chi connectivity index (χ0v) is 12.4. The molecule has 0 atom stereocenters. The monoisotopic (exact) mass is 320 g/mol. The van der Waals surface area contributed by atoms with Crippen molar-refractivity contribution in [2.75, 3.05) is 0 Å². The summed E-state index contributed by atoms with van der Waals surface area (Å²) >= 11 is 7.39. The van der Waals surface area contributed by atoms with Crippen LogP contribution >= 0.6 is 23.4 Å². The first-order valence-corrected chi connectivity index (χ1v) is 7.55. The minimum absolute atomic E-state index is 0.256. The predicted octanol–water partition coefficient (Wildman–Crippen LogP) is 4.82. The number of halogens is 2. The van der Waals surface area contributed by atoms with Gasteiger partial charge in [-0.3, -0.25) is 0 Å². The Bertz CT molecular complexity index is 763. The van der Waals surface area contributed by atoms with Gasteiger partial charge in [0.15, 0.2) is 0 Å². The summed E-state index contributed by atoms with van der Waals surface area (Å²) in [7, 11) is 0. The predicted molar refractivity (Wildman–Crippen MR) is 80.7 cm³/mol. The van der Waals surface area contributed by atoms with Gasteiger partial charge >= 0.3 is 0 Å². The highest BCUT2D eigenvalue weighted by molar-refractivity contribution is 7.98. The summed E-state index contributed by atoms with van der Waals surface area (Å²) < 4.78 is 19.1. The Hall–Kier alpha value is -1.85. The van der Waals surface area contributed by atoms with Gasteiger partial charge in [0.1, 0.15) is 5.82 Å². The van der Waals surface area contributed by atoms with Crippen LogP contribution in [0.15, 0.2) is 57.8 Å². The minimum atomic E-state index is -0.256. The molecule has 0 unspecified atom stereocenters. The van der Waals surface area contributed by atoms with Crippen LogP contribution in [-0.4, -0.2) is 10.2 Å². The number of nitrogens with zero attached hydrogens (tertiary/aromatic N) is 2. The van der Waals surface area contributed by atoms with Crippen molar-refractivity contribution in [3.05, 3.63) is 65.3 Å². The maximum Gasteiger partial charge on any atom is 0.249 e. The van der Waals surface area contributed by atoms with Gasteiger partial charge in [0.2, 0.25) is 11.8 Å². The summed E-state index contributed by atoms with van der Waals surface area (Å²) in [6.07, 6.45) is 0. The largest absolute Gasteiger partial charge is 0.420 e. The van der Waals surface area contributed by atoms with E-state index in [0.717, 1.165) is 0 Å². The summed E-state index contributed by atoms with van der Waals surface area (Å²) in [6.45, 7) is 0. The molecule has 3 aromatic rings. The van der Waals surface area contributed by atoms with Crippen LogP contribution in [0.25, 0.3) is 11.5 Å². The fourth-order valence-corrected chi connectivity index (χ4v) is 2.75. The average Bonchev–Trinajstić information content (AvgIpc) is 2.96. The first-order valence-electron chi connectivity index (χ1n) is 6.18. The van der Waals surface area contributed by atoms with Crippen LogP contribution in [0.4, 0.5) is 4.39 Å². The van der Waals surface area contributed by atoms with Crippen LogP contribution < -0.4 is 0 Å². The lowest BCUT2D eigenvalue weighted by Gasteiger charge is -1.99. The van der Waals surface area contributed by atoms with Gasteiger partial charge < -0.3 is 4.42 Å². The molecule has 106 valence electrons. The Labute approximate surface area is 130 Å². The Balaban J connectivity index is 1.74. The van der Waals surface area contributed by atoms with Gasteiger partial charge in [0, 0.05) is 4.90 Å². The fourth-order valence-electron chi connectivity index (χ4n) is 1.76. The Morgan fingerprint density at radius 1 is 1.05 bits per heavy atom. The molecule has 0 aliphatic heterocycles. The highest BCUT2D eigenvalue weighted by Gasteiger charge is 2.12. The van der Waals surface area contributed by atoms with E-state index < -0.39 is 0 Å². The summed E-state index contributed by atoms with van der Waals surface area (Å²) in [4.78, 5) is 0.551. The Morgan fingerprint density at radius 2 is 1.81 bits per heavy atom. The number of benzene rings is 2. The van der Waals surface area contributed by atoms with Crippen molar-refractivity contribution in [3.8, 4) is 11.5 Å². The van der Waals surface area contributed by atoms with E-state index in [9.17, 15) is 4.39 Å². The smallest absolute Gasteiger partial charge is 0.249 e. The van der Waals surface area contributed by atoms with Gasteiger partial charge in [-0.25, -0.2) is 4.39 Å². The highest BCUT2D eigenvalue weighted by Crippen LogP contribution is 2.29. The number of thioether (sulfide) groups is 1. The molecule has 0 aliphatic rings. The molecule has 3 nitrogen and oxygen atoms in total. The second kappa shape index (κ2) is 6.28. The number of rotatable bonds is 4. The van der Waals surface area contributed by atoms with E-state index in [1.165, 1.54) is 17.8 Å². The molecule has 0 amide bonds. The quantitative estimate of drug-likeness (QED) is 0.646. The molecular weight excluding hydrogens is 311 g/mol. The number of hydrogen-bond acceptors (Lipinski definition) is 4. The molecule has 3 rings (SSSR count). The molecular formula is C15H10ClFN2OS. The van der Waals surface area contributed by atoms with Gasteiger partial charge in [-0.2, -0.15) is 0 Å². The lowest BCUT2D eigenvalue weighted by atomic mass is 10.2. The number of aromatic nitrogens is 2. The molecule has 6 heteroatoms. The lowest BCUT2D eigenvalue weighted by Crippen LogP contribution is -1.83. The Morgan fingerprint density at radius 3 is 2.62 bits per heavy atom. The van der Waals surface area contributed by atoms with Crippen molar-refractivity contribution < 1.29 is 8.81 Å². The SMILES string of the molecule is Fc1ccccc1SCc1nnc(-c2ccccc2Cl)o1. The first kappa shape index (κ1) is 14.1. The van der Waals surface area contributed by atoms with E-state index in [0.29, 0.717) is 33.0 Å². The Kier molecular flexibility index (Phi) is 4.22. The molecule has 0 spiro atoms. The topological polar surface area (TPSA) is 38.9 Å².